The molecule has 2 aromatic rings. The first-order chi connectivity index (χ1) is 14.2. The molecule has 0 aromatic heterocycles. The fourth-order valence-corrected chi connectivity index (χ4v) is 2.89. The second-order valence-electron chi connectivity index (χ2n) is 6.93. The van der Waals surface area contributed by atoms with Gasteiger partial charge in [-0.3, -0.25) is 4.79 Å². The van der Waals surface area contributed by atoms with Gasteiger partial charge in [-0.2, -0.15) is 0 Å². The Morgan fingerprint density at radius 1 is 0.828 bits per heavy atom. The van der Waals surface area contributed by atoms with Crippen LogP contribution in [0.15, 0.2) is 42.5 Å². The maximum Gasteiger partial charge on any atom is 0.255 e. The minimum Gasteiger partial charge on any atom is -0.495 e. The van der Waals surface area contributed by atoms with Crippen LogP contribution in [0, 0.1) is 0 Å². The summed E-state index contributed by atoms with van der Waals surface area (Å²) in [6, 6.07) is 12.7. The number of anilines is 1. The van der Waals surface area contributed by atoms with Crippen molar-refractivity contribution in [2.45, 2.75) is 52.4 Å². The van der Waals surface area contributed by atoms with E-state index >= 15 is 0 Å². The highest BCUT2D eigenvalue weighted by Crippen LogP contribution is 2.30. The van der Waals surface area contributed by atoms with Gasteiger partial charge in [-0.1, -0.05) is 51.7 Å². The Morgan fingerprint density at radius 3 is 2.14 bits per heavy atom. The first-order valence-corrected chi connectivity index (χ1v) is 10.5. The Balaban J connectivity index is 2.12. The van der Waals surface area contributed by atoms with Crippen molar-refractivity contribution in [2.75, 3.05) is 25.6 Å². The van der Waals surface area contributed by atoms with Gasteiger partial charge in [0.2, 0.25) is 0 Å². The predicted molar refractivity (Wildman–Crippen MR) is 117 cm³/mol. The largest absolute Gasteiger partial charge is 0.495 e. The van der Waals surface area contributed by atoms with E-state index in [-0.39, 0.29) is 5.91 Å². The molecule has 0 aliphatic heterocycles. The average Bonchev–Trinajstić information content (AvgIpc) is 2.75. The number of carbonyl (C=O) groups excluding carboxylic acids is 1. The van der Waals surface area contributed by atoms with Gasteiger partial charge in [0.25, 0.3) is 5.91 Å². The molecule has 0 saturated carbocycles. The number of amides is 1. The van der Waals surface area contributed by atoms with Crippen LogP contribution in [0.5, 0.6) is 17.2 Å². The summed E-state index contributed by atoms with van der Waals surface area (Å²) in [5.41, 5.74) is 1.15. The molecule has 2 rings (SSSR count). The van der Waals surface area contributed by atoms with E-state index in [2.05, 4.69) is 19.2 Å². The van der Waals surface area contributed by atoms with E-state index in [0.29, 0.717) is 41.7 Å². The number of hydrogen-bond donors (Lipinski definition) is 1. The van der Waals surface area contributed by atoms with E-state index in [0.717, 1.165) is 38.5 Å². The molecular weight excluding hydrogens is 366 g/mol. The molecule has 1 amide bonds. The molecule has 0 spiro atoms. The number of benzene rings is 2. The Kier molecular flexibility index (Phi) is 9.90. The lowest BCUT2D eigenvalue weighted by atomic mass is 10.1. The second kappa shape index (κ2) is 12.7. The lowest BCUT2D eigenvalue weighted by Crippen LogP contribution is -2.13. The first-order valence-electron chi connectivity index (χ1n) is 10.5. The second-order valence-corrected chi connectivity index (χ2v) is 6.93. The SMILES string of the molecule is CCCCCOc1ccc(C(=O)Nc2ccccc2OC)cc1OCCCCC. The van der Waals surface area contributed by atoms with Crippen molar-refractivity contribution in [3.63, 3.8) is 0 Å². The van der Waals surface area contributed by atoms with Crippen molar-refractivity contribution in [1.29, 1.82) is 0 Å². The van der Waals surface area contributed by atoms with E-state index in [4.69, 9.17) is 14.2 Å². The van der Waals surface area contributed by atoms with Crippen LogP contribution in [-0.4, -0.2) is 26.2 Å². The Bertz CT molecular complexity index is 760. The standard InChI is InChI=1S/C24H33NO4/c1-4-6-10-16-28-22-15-14-19(18-23(22)29-17-11-7-5-2)24(26)25-20-12-8-9-13-21(20)27-3/h8-9,12-15,18H,4-7,10-11,16-17H2,1-3H3,(H,25,26). The van der Waals surface area contributed by atoms with Crippen LogP contribution in [-0.2, 0) is 0 Å². The molecular formula is C24H33NO4. The molecule has 29 heavy (non-hydrogen) atoms. The summed E-state index contributed by atoms with van der Waals surface area (Å²) in [5.74, 6) is 1.70. The maximum absolute atomic E-state index is 12.8. The van der Waals surface area contributed by atoms with Gasteiger partial charge in [-0.05, 0) is 43.2 Å². The molecule has 0 fully saturated rings. The number of para-hydroxylation sites is 2. The molecule has 5 heteroatoms. The van der Waals surface area contributed by atoms with Gasteiger partial charge in [0.15, 0.2) is 11.5 Å². The van der Waals surface area contributed by atoms with E-state index in [1.165, 1.54) is 0 Å². The predicted octanol–water partition coefficient (Wildman–Crippen LogP) is 6.09. The van der Waals surface area contributed by atoms with Crippen molar-refractivity contribution >= 4 is 11.6 Å². The Morgan fingerprint density at radius 2 is 1.48 bits per heavy atom. The molecule has 0 heterocycles. The van der Waals surface area contributed by atoms with Crippen LogP contribution < -0.4 is 19.5 Å². The zero-order valence-electron chi connectivity index (χ0n) is 17.8. The maximum atomic E-state index is 12.8. The minimum absolute atomic E-state index is 0.217. The third kappa shape index (κ3) is 7.33. The summed E-state index contributed by atoms with van der Waals surface area (Å²) in [4.78, 5) is 12.8. The van der Waals surface area contributed by atoms with Crippen molar-refractivity contribution in [3.8, 4) is 17.2 Å². The van der Waals surface area contributed by atoms with Gasteiger partial charge < -0.3 is 19.5 Å². The summed E-state index contributed by atoms with van der Waals surface area (Å²) >= 11 is 0. The Labute approximate surface area is 174 Å². The molecule has 158 valence electrons. The van der Waals surface area contributed by atoms with Gasteiger partial charge in [0.1, 0.15) is 5.75 Å². The molecule has 2 aromatic carbocycles. The van der Waals surface area contributed by atoms with Crippen LogP contribution in [0.3, 0.4) is 0 Å². The zero-order valence-corrected chi connectivity index (χ0v) is 17.8. The van der Waals surface area contributed by atoms with Crippen LogP contribution in [0.4, 0.5) is 5.69 Å². The monoisotopic (exact) mass is 399 g/mol. The van der Waals surface area contributed by atoms with Crippen LogP contribution in [0.25, 0.3) is 0 Å². The topological polar surface area (TPSA) is 56.8 Å². The van der Waals surface area contributed by atoms with E-state index in [1.54, 1.807) is 19.2 Å². The number of carbonyl (C=O) groups is 1. The van der Waals surface area contributed by atoms with Gasteiger partial charge in [-0.25, -0.2) is 0 Å². The minimum atomic E-state index is -0.217. The van der Waals surface area contributed by atoms with E-state index in [1.807, 2.05) is 30.3 Å². The average molecular weight is 400 g/mol. The van der Waals surface area contributed by atoms with Gasteiger partial charge >= 0.3 is 0 Å². The number of nitrogens with one attached hydrogen (secondary N) is 1. The van der Waals surface area contributed by atoms with Crippen LogP contribution in [0.1, 0.15) is 62.7 Å². The van der Waals surface area contributed by atoms with Crippen molar-refractivity contribution < 1.29 is 19.0 Å². The normalized spacial score (nSPS) is 10.4. The first kappa shape index (κ1) is 22.6. The lowest BCUT2D eigenvalue weighted by molar-refractivity contribution is 0.102. The van der Waals surface area contributed by atoms with Crippen LogP contribution >= 0.6 is 0 Å². The molecule has 0 atom stereocenters. The summed E-state index contributed by atoms with van der Waals surface area (Å²) in [7, 11) is 1.58. The summed E-state index contributed by atoms with van der Waals surface area (Å²) in [5, 5.41) is 2.90. The van der Waals surface area contributed by atoms with Crippen molar-refractivity contribution in [2.24, 2.45) is 0 Å². The third-order valence-electron chi connectivity index (χ3n) is 4.57. The number of hydrogen-bond acceptors (Lipinski definition) is 4. The third-order valence-corrected chi connectivity index (χ3v) is 4.57. The molecule has 0 unspecified atom stereocenters. The highest BCUT2D eigenvalue weighted by molar-refractivity contribution is 6.05. The molecule has 1 N–H and O–H groups in total. The highest BCUT2D eigenvalue weighted by Gasteiger charge is 2.14. The zero-order chi connectivity index (χ0) is 20.9. The summed E-state index contributed by atoms with van der Waals surface area (Å²) < 4.78 is 17.2. The lowest BCUT2D eigenvalue weighted by Gasteiger charge is -2.15. The molecule has 0 bridgehead atoms. The van der Waals surface area contributed by atoms with E-state index in [9.17, 15) is 4.79 Å². The van der Waals surface area contributed by atoms with Crippen molar-refractivity contribution in [1.82, 2.24) is 0 Å². The molecule has 5 nitrogen and oxygen atoms in total. The van der Waals surface area contributed by atoms with Crippen molar-refractivity contribution in [3.05, 3.63) is 48.0 Å². The number of methoxy groups -OCH3 is 1. The highest BCUT2D eigenvalue weighted by atomic mass is 16.5. The quantitative estimate of drug-likeness (QED) is 0.414. The number of rotatable bonds is 13. The molecule has 0 aliphatic carbocycles. The smallest absolute Gasteiger partial charge is 0.255 e. The Hall–Kier alpha value is -2.69. The fourth-order valence-electron chi connectivity index (χ4n) is 2.89. The molecule has 0 aliphatic rings. The summed E-state index contributed by atoms with van der Waals surface area (Å²) in [6.45, 7) is 5.57. The number of unbranched alkanes of at least 4 members (excludes halogenated alkanes) is 4. The fraction of sp³-hybridized carbons (Fsp3) is 0.458. The van der Waals surface area contributed by atoms with Gasteiger partial charge in [0, 0.05) is 5.56 Å². The van der Waals surface area contributed by atoms with Gasteiger partial charge in [-0.15, -0.1) is 0 Å². The van der Waals surface area contributed by atoms with Gasteiger partial charge in [0.05, 0.1) is 26.0 Å². The number of ether oxygens (including phenoxy) is 3. The van der Waals surface area contributed by atoms with E-state index < -0.39 is 0 Å². The summed E-state index contributed by atoms with van der Waals surface area (Å²) in [6.07, 6.45) is 6.49. The van der Waals surface area contributed by atoms with Crippen LogP contribution in [0.2, 0.25) is 0 Å². The molecule has 0 radical (unpaired) electrons. The molecule has 0 saturated heterocycles.